The predicted octanol–water partition coefficient (Wildman–Crippen LogP) is 2.22. The lowest BCUT2D eigenvalue weighted by atomic mass is 9.89. The Morgan fingerprint density at radius 2 is 2.06 bits per heavy atom. The third kappa shape index (κ3) is 3.43. The number of nitrogens with one attached hydrogen (secondary N) is 1. The fourth-order valence-corrected chi connectivity index (χ4v) is 2.87. The zero-order valence-electron chi connectivity index (χ0n) is 11.9. The zero-order chi connectivity index (χ0) is 12.5. The number of nitrogens with zero attached hydrogens (tertiary/aromatic N) is 1. The van der Waals surface area contributed by atoms with Crippen LogP contribution < -0.4 is 5.32 Å². The van der Waals surface area contributed by atoms with Crippen molar-refractivity contribution in [2.45, 2.75) is 58.2 Å². The molecule has 2 saturated heterocycles. The number of likely N-dealkylation sites (tertiary alicyclic amines) is 1. The highest BCUT2D eigenvalue weighted by Gasteiger charge is 2.38. The van der Waals surface area contributed by atoms with E-state index < -0.39 is 0 Å². The molecule has 3 nitrogen and oxygen atoms in total. The van der Waals surface area contributed by atoms with Crippen LogP contribution >= 0.6 is 0 Å². The van der Waals surface area contributed by atoms with Crippen molar-refractivity contribution >= 4 is 0 Å². The van der Waals surface area contributed by atoms with Gasteiger partial charge in [0.2, 0.25) is 0 Å². The van der Waals surface area contributed by atoms with Crippen LogP contribution in [-0.4, -0.2) is 43.4 Å². The van der Waals surface area contributed by atoms with E-state index in [0.717, 1.165) is 19.6 Å². The molecule has 2 rings (SSSR count). The molecular weight excluding hydrogens is 212 g/mol. The second kappa shape index (κ2) is 4.87. The first kappa shape index (κ1) is 13.3. The molecule has 17 heavy (non-hydrogen) atoms. The Bertz CT molecular complexity index is 255. The van der Waals surface area contributed by atoms with Crippen molar-refractivity contribution < 1.29 is 4.74 Å². The third-order valence-electron chi connectivity index (χ3n) is 4.27. The summed E-state index contributed by atoms with van der Waals surface area (Å²) in [5.41, 5.74) is 0.157. The molecule has 0 aliphatic carbocycles. The summed E-state index contributed by atoms with van der Waals surface area (Å²) in [6, 6.07) is 0.683. The second-order valence-electron chi connectivity index (χ2n) is 6.87. The molecular formula is C14H28N2O. The molecule has 3 heteroatoms. The van der Waals surface area contributed by atoms with Crippen LogP contribution in [0.2, 0.25) is 0 Å². The van der Waals surface area contributed by atoms with Gasteiger partial charge in [0.25, 0.3) is 0 Å². The van der Waals surface area contributed by atoms with E-state index in [4.69, 9.17) is 4.74 Å². The van der Waals surface area contributed by atoms with Gasteiger partial charge in [0.1, 0.15) is 5.72 Å². The molecule has 2 unspecified atom stereocenters. The molecule has 2 aliphatic rings. The molecule has 0 spiro atoms. The van der Waals surface area contributed by atoms with Gasteiger partial charge >= 0.3 is 0 Å². The largest absolute Gasteiger partial charge is 0.360 e. The minimum atomic E-state index is -0.119. The van der Waals surface area contributed by atoms with Crippen molar-refractivity contribution in [3.63, 3.8) is 0 Å². The smallest absolute Gasteiger partial charge is 0.117 e. The van der Waals surface area contributed by atoms with Crippen LogP contribution in [0.5, 0.6) is 0 Å². The fraction of sp³-hybridized carbons (Fsp3) is 1.00. The maximum atomic E-state index is 6.09. The number of hydrogen-bond donors (Lipinski definition) is 1. The SMILES string of the molecule is CN1CCCCC1CC1(C)NCC(C)(C)CO1. The van der Waals surface area contributed by atoms with E-state index in [9.17, 15) is 0 Å². The zero-order valence-corrected chi connectivity index (χ0v) is 11.9. The maximum Gasteiger partial charge on any atom is 0.117 e. The van der Waals surface area contributed by atoms with Crippen molar-refractivity contribution in [3.05, 3.63) is 0 Å². The van der Waals surface area contributed by atoms with Crippen LogP contribution in [0, 0.1) is 5.41 Å². The Hall–Kier alpha value is -0.120. The van der Waals surface area contributed by atoms with Gasteiger partial charge in [-0.25, -0.2) is 0 Å². The molecule has 0 aromatic heterocycles. The summed E-state index contributed by atoms with van der Waals surface area (Å²) in [4.78, 5) is 2.50. The second-order valence-corrected chi connectivity index (χ2v) is 6.87. The fourth-order valence-electron chi connectivity index (χ4n) is 2.87. The quantitative estimate of drug-likeness (QED) is 0.801. The Kier molecular flexibility index (Phi) is 3.81. The Morgan fingerprint density at radius 3 is 2.65 bits per heavy atom. The van der Waals surface area contributed by atoms with Crippen LogP contribution in [0.4, 0.5) is 0 Å². The molecule has 0 saturated carbocycles. The van der Waals surface area contributed by atoms with Crippen molar-refractivity contribution in [3.8, 4) is 0 Å². The van der Waals surface area contributed by atoms with E-state index in [1.54, 1.807) is 0 Å². The van der Waals surface area contributed by atoms with E-state index in [0.29, 0.717) is 6.04 Å². The summed E-state index contributed by atoms with van der Waals surface area (Å²) in [7, 11) is 2.25. The molecule has 0 aromatic carbocycles. The molecule has 0 aromatic rings. The van der Waals surface area contributed by atoms with Crippen LogP contribution in [0.15, 0.2) is 0 Å². The number of piperidine rings is 1. The highest BCUT2D eigenvalue weighted by atomic mass is 16.5. The Labute approximate surface area is 106 Å². The number of hydrogen-bond acceptors (Lipinski definition) is 3. The molecule has 0 amide bonds. The summed E-state index contributed by atoms with van der Waals surface area (Å²) < 4.78 is 6.09. The van der Waals surface area contributed by atoms with Crippen LogP contribution in [0.3, 0.4) is 0 Å². The van der Waals surface area contributed by atoms with Gasteiger partial charge in [-0.05, 0) is 33.4 Å². The molecule has 1 N–H and O–H groups in total. The minimum absolute atomic E-state index is 0.119. The van der Waals surface area contributed by atoms with Crippen molar-refractivity contribution in [2.75, 3.05) is 26.7 Å². The van der Waals surface area contributed by atoms with Gasteiger partial charge in [0, 0.05) is 24.4 Å². The van der Waals surface area contributed by atoms with Gasteiger partial charge in [0.05, 0.1) is 6.61 Å². The lowest BCUT2D eigenvalue weighted by molar-refractivity contribution is -0.139. The predicted molar refractivity (Wildman–Crippen MR) is 71.0 cm³/mol. The van der Waals surface area contributed by atoms with Crippen LogP contribution in [0.25, 0.3) is 0 Å². The third-order valence-corrected chi connectivity index (χ3v) is 4.27. The molecule has 2 fully saturated rings. The van der Waals surface area contributed by atoms with Crippen LogP contribution in [0.1, 0.15) is 46.5 Å². The summed E-state index contributed by atoms with van der Waals surface area (Å²) in [6.45, 7) is 9.89. The van der Waals surface area contributed by atoms with Crippen molar-refractivity contribution in [2.24, 2.45) is 5.41 Å². The van der Waals surface area contributed by atoms with E-state index in [1.807, 2.05) is 0 Å². The highest BCUT2D eigenvalue weighted by Crippen LogP contribution is 2.30. The molecule has 0 radical (unpaired) electrons. The van der Waals surface area contributed by atoms with Crippen molar-refractivity contribution in [1.82, 2.24) is 10.2 Å². The lowest BCUT2D eigenvalue weighted by Crippen LogP contribution is -2.58. The highest BCUT2D eigenvalue weighted by molar-refractivity contribution is 4.89. The van der Waals surface area contributed by atoms with Crippen molar-refractivity contribution in [1.29, 1.82) is 0 Å². The Balaban J connectivity index is 1.89. The number of rotatable bonds is 2. The van der Waals surface area contributed by atoms with Gasteiger partial charge < -0.3 is 9.64 Å². The van der Waals surface area contributed by atoms with E-state index in [2.05, 4.69) is 38.0 Å². The molecule has 2 heterocycles. The average molecular weight is 240 g/mol. The van der Waals surface area contributed by atoms with E-state index >= 15 is 0 Å². The van der Waals surface area contributed by atoms with Gasteiger partial charge in [-0.3, -0.25) is 5.32 Å². The lowest BCUT2D eigenvalue weighted by Gasteiger charge is -2.46. The monoisotopic (exact) mass is 240 g/mol. The first-order chi connectivity index (χ1) is 7.90. The summed E-state index contributed by atoms with van der Waals surface area (Å²) in [5, 5.41) is 3.60. The summed E-state index contributed by atoms with van der Waals surface area (Å²) in [6.07, 6.45) is 5.15. The average Bonchev–Trinajstić information content (AvgIpc) is 2.27. The standard InChI is InChI=1S/C14H28N2O/c1-13(2)10-15-14(3,17-11-13)9-12-7-5-6-8-16(12)4/h12,15H,5-11H2,1-4H3. The molecule has 100 valence electrons. The molecule has 0 bridgehead atoms. The van der Waals surface area contributed by atoms with Gasteiger partial charge in [-0.2, -0.15) is 0 Å². The van der Waals surface area contributed by atoms with Crippen LogP contribution in [-0.2, 0) is 4.74 Å². The summed E-state index contributed by atoms with van der Waals surface area (Å²) >= 11 is 0. The first-order valence-corrected chi connectivity index (χ1v) is 7.00. The van der Waals surface area contributed by atoms with E-state index in [-0.39, 0.29) is 11.1 Å². The Morgan fingerprint density at radius 1 is 1.29 bits per heavy atom. The molecule has 2 atom stereocenters. The normalized spacial score (nSPS) is 39.2. The maximum absolute atomic E-state index is 6.09. The minimum Gasteiger partial charge on any atom is -0.360 e. The van der Waals surface area contributed by atoms with Gasteiger partial charge in [-0.15, -0.1) is 0 Å². The first-order valence-electron chi connectivity index (χ1n) is 7.00. The van der Waals surface area contributed by atoms with Gasteiger partial charge in [-0.1, -0.05) is 20.3 Å². The molecule has 2 aliphatic heterocycles. The van der Waals surface area contributed by atoms with E-state index in [1.165, 1.54) is 25.8 Å². The number of ether oxygens (including phenoxy) is 1. The summed E-state index contributed by atoms with van der Waals surface area (Å²) in [5.74, 6) is 0. The topological polar surface area (TPSA) is 24.5 Å². The van der Waals surface area contributed by atoms with Gasteiger partial charge in [0.15, 0.2) is 0 Å².